The van der Waals surface area contributed by atoms with E-state index in [1.807, 2.05) is 0 Å². The summed E-state index contributed by atoms with van der Waals surface area (Å²) >= 11 is 0. The number of carbonyl (C=O) groups is 1. The van der Waals surface area contributed by atoms with Crippen molar-refractivity contribution in [2.24, 2.45) is 5.92 Å². The molecular formula is C11H18F2O5S. The van der Waals surface area contributed by atoms with Crippen molar-refractivity contribution in [3.05, 3.63) is 0 Å². The summed E-state index contributed by atoms with van der Waals surface area (Å²) in [4.78, 5) is 10.9. The fourth-order valence-corrected chi connectivity index (χ4v) is 2.47. The molecule has 1 fully saturated rings. The van der Waals surface area contributed by atoms with E-state index in [1.165, 1.54) is 6.42 Å². The predicted octanol–water partition coefficient (Wildman–Crippen LogP) is 2.37. The van der Waals surface area contributed by atoms with Crippen LogP contribution in [0.2, 0.25) is 0 Å². The summed E-state index contributed by atoms with van der Waals surface area (Å²) in [6.45, 7) is -0.263. The molecule has 112 valence electrons. The second-order valence-corrected chi connectivity index (χ2v) is 6.24. The van der Waals surface area contributed by atoms with Crippen molar-refractivity contribution in [3.63, 3.8) is 0 Å². The van der Waals surface area contributed by atoms with E-state index < -0.39 is 21.3 Å². The van der Waals surface area contributed by atoms with Crippen LogP contribution in [0, 0.1) is 5.92 Å². The Morgan fingerprint density at radius 1 is 1.26 bits per heavy atom. The molecule has 0 saturated heterocycles. The molecule has 0 aromatic heterocycles. The SMILES string of the molecule is O=C(OCCCC1CCCCC1)C(F)(F)S(=O)(=O)O. The van der Waals surface area contributed by atoms with Crippen molar-refractivity contribution in [1.29, 1.82) is 0 Å². The van der Waals surface area contributed by atoms with E-state index in [9.17, 15) is 22.0 Å². The average molecular weight is 300 g/mol. The lowest BCUT2D eigenvalue weighted by atomic mass is 9.86. The second kappa shape index (κ2) is 6.60. The van der Waals surface area contributed by atoms with Gasteiger partial charge in [0.05, 0.1) is 6.61 Å². The highest BCUT2D eigenvalue weighted by molar-refractivity contribution is 7.87. The first kappa shape index (κ1) is 16.3. The minimum Gasteiger partial charge on any atom is -0.460 e. The molecule has 1 saturated carbocycles. The molecule has 0 heterocycles. The molecule has 0 unspecified atom stereocenters. The monoisotopic (exact) mass is 300 g/mol. The summed E-state index contributed by atoms with van der Waals surface area (Å²) in [5.74, 6) is -1.70. The van der Waals surface area contributed by atoms with E-state index in [-0.39, 0.29) is 6.61 Å². The molecule has 0 atom stereocenters. The van der Waals surface area contributed by atoms with Gasteiger partial charge in [-0.2, -0.15) is 17.2 Å². The van der Waals surface area contributed by atoms with Crippen molar-refractivity contribution < 1.29 is 31.3 Å². The van der Waals surface area contributed by atoms with Crippen LogP contribution in [0.25, 0.3) is 0 Å². The Hall–Kier alpha value is -0.760. The number of ether oxygens (including phenoxy) is 1. The third-order valence-corrected chi connectivity index (χ3v) is 4.09. The van der Waals surface area contributed by atoms with Gasteiger partial charge in [-0.15, -0.1) is 0 Å². The minimum atomic E-state index is -5.77. The molecule has 8 heteroatoms. The molecule has 1 aliphatic carbocycles. The number of carbonyl (C=O) groups excluding carboxylic acids is 1. The Labute approximate surface area is 111 Å². The van der Waals surface area contributed by atoms with Crippen LogP contribution in [0.1, 0.15) is 44.9 Å². The van der Waals surface area contributed by atoms with E-state index in [0.29, 0.717) is 12.3 Å². The van der Waals surface area contributed by atoms with Gasteiger partial charge in [-0.1, -0.05) is 32.1 Å². The van der Waals surface area contributed by atoms with E-state index in [0.717, 1.165) is 32.1 Å². The summed E-state index contributed by atoms with van der Waals surface area (Å²) in [5.41, 5.74) is 0. The van der Waals surface area contributed by atoms with Crippen LogP contribution in [0.15, 0.2) is 0 Å². The van der Waals surface area contributed by atoms with Gasteiger partial charge in [-0.3, -0.25) is 4.55 Å². The van der Waals surface area contributed by atoms with Crippen molar-refractivity contribution in [3.8, 4) is 0 Å². The molecule has 5 nitrogen and oxygen atoms in total. The minimum absolute atomic E-state index is 0.263. The molecule has 1 rings (SSSR count). The fraction of sp³-hybridized carbons (Fsp3) is 0.909. The predicted molar refractivity (Wildman–Crippen MR) is 63.3 cm³/mol. The molecule has 0 spiro atoms. The van der Waals surface area contributed by atoms with Gasteiger partial charge in [-0.25, -0.2) is 4.79 Å². The average Bonchev–Trinajstić information content (AvgIpc) is 2.34. The molecule has 0 amide bonds. The van der Waals surface area contributed by atoms with E-state index in [1.54, 1.807) is 0 Å². The Morgan fingerprint density at radius 3 is 2.37 bits per heavy atom. The Balaban J connectivity index is 2.27. The molecule has 1 N–H and O–H groups in total. The maximum Gasteiger partial charge on any atom is 0.465 e. The highest BCUT2D eigenvalue weighted by Crippen LogP contribution is 2.27. The van der Waals surface area contributed by atoms with Gasteiger partial charge in [0.15, 0.2) is 0 Å². The molecule has 0 radical (unpaired) electrons. The lowest BCUT2D eigenvalue weighted by Gasteiger charge is -2.21. The fourth-order valence-electron chi connectivity index (χ4n) is 2.20. The summed E-state index contributed by atoms with van der Waals surface area (Å²) in [5, 5.41) is -4.89. The zero-order valence-corrected chi connectivity index (χ0v) is 11.3. The van der Waals surface area contributed by atoms with Crippen molar-refractivity contribution in [2.75, 3.05) is 6.61 Å². The molecule has 1 aliphatic rings. The Bertz CT molecular complexity index is 401. The lowest BCUT2D eigenvalue weighted by Crippen LogP contribution is -2.39. The molecule has 0 bridgehead atoms. The summed E-state index contributed by atoms with van der Waals surface area (Å²) in [7, 11) is -5.77. The van der Waals surface area contributed by atoms with Gasteiger partial charge in [0.25, 0.3) is 0 Å². The third-order valence-electron chi connectivity index (χ3n) is 3.28. The normalized spacial score (nSPS) is 18.3. The van der Waals surface area contributed by atoms with Gasteiger partial charge >= 0.3 is 21.3 Å². The van der Waals surface area contributed by atoms with Crippen LogP contribution >= 0.6 is 0 Å². The lowest BCUT2D eigenvalue weighted by molar-refractivity contribution is -0.161. The Morgan fingerprint density at radius 2 is 1.84 bits per heavy atom. The first-order chi connectivity index (χ1) is 8.75. The molecule has 0 aromatic rings. The number of hydrogen-bond acceptors (Lipinski definition) is 4. The van der Waals surface area contributed by atoms with Crippen LogP contribution in [0.5, 0.6) is 0 Å². The molecule has 19 heavy (non-hydrogen) atoms. The van der Waals surface area contributed by atoms with E-state index in [2.05, 4.69) is 4.74 Å². The second-order valence-electron chi connectivity index (χ2n) is 4.77. The summed E-state index contributed by atoms with van der Waals surface area (Å²) < 4.78 is 58.5. The van der Waals surface area contributed by atoms with Gasteiger partial charge in [0, 0.05) is 0 Å². The Kier molecular flexibility index (Phi) is 5.66. The maximum absolute atomic E-state index is 12.8. The van der Waals surface area contributed by atoms with Gasteiger partial charge in [0.2, 0.25) is 0 Å². The standard InChI is InChI=1S/C11H18F2O5S/c12-11(13,19(15,16)17)10(14)18-8-4-7-9-5-2-1-3-6-9/h9H,1-8H2,(H,15,16,17). The van der Waals surface area contributed by atoms with Crippen LogP contribution in [0.4, 0.5) is 8.78 Å². The first-order valence-corrected chi connectivity index (χ1v) is 7.71. The van der Waals surface area contributed by atoms with Gasteiger partial charge in [-0.05, 0) is 18.8 Å². The molecular weight excluding hydrogens is 282 g/mol. The zero-order valence-electron chi connectivity index (χ0n) is 10.5. The van der Waals surface area contributed by atoms with Crippen LogP contribution in [-0.4, -0.2) is 30.8 Å². The highest BCUT2D eigenvalue weighted by Gasteiger charge is 2.54. The number of hydrogen-bond donors (Lipinski definition) is 1. The van der Waals surface area contributed by atoms with Crippen molar-refractivity contribution in [2.45, 2.75) is 50.2 Å². The quantitative estimate of drug-likeness (QED) is 0.463. The number of rotatable bonds is 6. The molecule has 0 aromatic carbocycles. The van der Waals surface area contributed by atoms with E-state index >= 15 is 0 Å². The van der Waals surface area contributed by atoms with Crippen LogP contribution in [-0.2, 0) is 19.6 Å². The van der Waals surface area contributed by atoms with Crippen LogP contribution in [0.3, 0.4) is 0 Å². The topological polar surface area (TPSA) is 80.7 Å². The van der Waals surface area contributed by atoms with Gasteiger partial charge < -0.3 is 4.74 Å². The molecule has 0 aliphatic heterocycles. The van der Waals surface area contributed by atoms with Crippen molar-refractivity contribution >= 4 is 16.1 Å². The van der Waals surface area contributed by atoms with Crippen molar-refractivity contribution in [1.82, 2.24) is 0 Å². The van der Waals surface area contributed by atoms with Gasteiger partial charge in [0.1, 0.15) is 0 Å². The first-order valence-electron chi connectivity index (χ1n) is 6.27. The number of esters is 1. The highest BCUT2D eigenvalue weighted by atomic mass is 32.2. The number of alkyl halides is 2. The van der Waals surface area contributed by atoms with Crippen LogP contribution < -0.4 is 0 Å². The van der Waals surface area contributed by atoms with E-state index in [4.69, 9.17) is 4.55 Å². The third kappa shape index (κ3) is 4.68. The zero-order chi connectivity index (χ0) is 14.5. The number of halogens is 2. The maximum atomic E-state index is 12.8. The summed E-state index contributed by atoms with van der Waals surface area (Å²) in [6, 6.07) is 0. The smallest absolute Gasteiger partial charge is 0.460 e. The summed E-state index contributed by atoms with van der Waals surface area (Å²) in [6.07, 6.45) is 6.90. The largest absolute Gasteiger partial charge is 0.465 e.